The van der Waals surface area contributed by atoms with Gasteiger partial charge in [0.15, 0.2) is 0 Å². The summed E-state index contributed by atoms with van der Waals surface area (Å²) in [5.41, 5.74) is 17.9. The molecule has 8 aromatic rings. The van der Waals surface area contributed by atoms with Crippen LogP contribution in [0.2, 0.25) is 0 Å². The number of fused-ring (bicyclic) bond motifs is 6. The van der Waals surface area contributed by atoms with Crippen molar-refractivity contribution in [2.75, 3.05) is 0 Å². The van der Waals surface area contributed by atoms with Crippen molar-refractivity contribution in [3.05, 3.63) is 126 Å². The van der Waals surface area contributed by atoms with E-state index >= 15 is 0 Å². The predicted molar refractivity (Wildman–Crippen MR) is 224 cm³/mol. The molecule has 0 radical (unpaired) electrons. The number of aromatic nitrogens is 3. The number of hydrogen-bond acceptors (Lipinski definition) is 2. The van der Waals surface area contributed by atoms with Gasteiger partial charge in [-0.3, -0.25) is 9.97 Å². The third-order valence-corrected chi connectivity index (χ3v) is 16.0. The molecule has 4 aromatic carbocycles. The van der Waals surface area contributed by atoms with E-state index in [1.165, 1.54) is 147 Å². The lowest BCUT2D eigenvalue weighted by atomic mass is 9.67. The van der Waals surface area contributed by atoms with Crippen molar-refractivity contribution in [3.8, 4) is 33.4 Å². The Kier molecular flexibility index (Phi) is 5.96. The highest BCUT2D eigenvalue weighted by Gasteiger charge is 2.46. The Morgan fingerprint density at radius 1 is 0.400 bits per heavy atom. The van der Waals surface area contributed by atoms with Gasteiger partial charge in [0.1, 0.15) is 0 Å². The molecule has 8 aliphatic carbocycles. The molecule has 268 valence electrons. The van der Waals surface area contributed by atoms with Gasteiger partial charge in [0, 0.05) is 44.8 Å². The second-order valence-corrected chi connectivity index (χ2v) is 19.0. The first-order valence-electron chi connectivity index (χ1n) is 21.5. The molecule has 16 rings (SSSR count). The minimum absolute atomic E-state index is 0.629. The van der Waals surface area contributed by atoms with Gasteiger partial charge in [-0.05, 0) is 156 Å². The maximum atomic E-state index is 5.48. The lowest BCUT2D eigenvalue weighted by Gasteiger charge is -2.38. The molecular formula is C52H45N3. The van der Waals surface area contributed by atoms with E-state index in [9.17, 15) is 0 Å². The maximum absolute atomic E-state index is 5.48. The lowest BCUT2D eigenvalue weighted by Crippen LogP contribution is -2.25. The summed E-state index contributed by atoms with van der Waals surface area (Å²) < 4.78 is 2.63. The van der Waals surface area contributed by atoms with E-state index in [0.717, 1.165) is 23.7 Å². The fourth-order valence-corrected chi connectivity index (χ4v) is 14.2. The maximum Gasteiger partial charge on any atom is 0.0728 e. The van der Waals surface area contributed by atoms with E-state index in [1.807, 2.05) is 0 Å². The summed E-state index contributed by atoms with van der Waals surface area (Å²) in [5.74, 6) is 6.02. The van der Waals surface area contributed by atoms with Crippen LogP contribution in [0.15, 0.2) is 103 Å². The van der Waals surface area contributed by atoms with Crippen LogP contribution in [-0.2, 0) is 0 Å². The van der Waals surface area contributed by atoms with Crippen LogP contribution in [-0.4, -0.2) is 14.4 Å². The summed E-state index contributed by atoms with van der Waals surface area (Å²) in [5, 5.41) is 5.92. The number of hydrogen-bond donors (Lipinski definition) is 0. The summed E-state index contributed by atoms with van der Waals surface area (Å²) in [4.78, 5) is 11.0. The smallest absolute Gasteiger partial charge is 0.0728 e. The van der Waals surface area contributed by atoms with Crippen LogP contribution in [0.1, 0.15) is 110 Å². The fourth-order valence-electron chi connectivity index (χ4n) is 14.2. The van der Waals surface area contributed by atoms with Crippen LogP contribution < -0.4 is 0 Å². The molecule has 0 spiro atoms. The molecule has 0 N–H and O–H groups in total. The highest BCUT2D eigenvalue weighted by Crippen LogP contribution is 2.60. The minimum Gasteiger partial charge on any atom is -0.305 e. The second-order valence-electron chi connectivity index (χ2n) is 19.0. The van der Waals surface area contributed by atoms with Crippen LogP contribution in [0.4, 0.5) is 0 Å². The third kappa shape index (κ3) is 4.17. The molecule has 0 aliphatic heterocycles. The lowest BCUT2D eigenvalue weighted by molar-refractivity contribution is 0.165. The number of benzene rings is 4. The Hall–Kier alpha value is -5.02. The zero-order valence-electron chi connectivity index (χ0n) is 31.3. The first-order valence-corrected chi connectivity index (χ1v) is 21.5. The molecule has 3 nitrogen and oxygen atoms in total. The van der Waals surface area contributed by atoms with E-state index < -0.39 is 0 Å². The molecule has 0 amide bonds. The van der Waals surface area contributed by atoms with Crippen molar-refractivity contribution in [3.63, 3.8) is 0 Å². The number of nitrogens with zero attached hydrogens (tertiary/aromatic N) is 3. The van der Waals surface area contributed by atoms with Gasteiger partial charge < -0.3 is 4.40 Å². The summed E-state index contributed by atoms with van der Waals surface area (Å²) >= 11 is 0. The largest absolute Gasteiger partial charge is 0.305 e. The van der Waals surface area contributed by atoms with Gasteiger partial charge in [-0.1, -0.05) is 78.9 Å². The SMILES string of the molecule is c1ccc(-c2ccc(-c3ccc(-c4cc5c6c7c(ncc6n6c8cnc9c(c8c(c4)c56)C4CC5CC(CC9C5)C4)C4CC5CC(C4)CC7C5)cc3)cc2)cc1. The average Bonchev–Trinajstić information content (AvgIpc) is 3.60. The molecular weight excluding hydrogens is 667 g/mol. The van der Waals surface area contributed by atoms with Gasteiger partial charge in [0.25, 0.3) is 0 Å². The van der Waals surface area contributed by atoms with Crippen LogP contribution in [0.5, 0.6) is 0 Å². The van der Waals surface area contributed by atoms with Gasteiger partial charge >= 0.3 is 0 Å². The highest BCUT2D eigenvalue weighted by molar-refractivity contribution is 6.26. The molecule has 0 saturated heterocycles. The van der Waals surface area contributed by atoms with Gasteiger partial charge in [-0.15, -0.1) is 0 Å². The van der Waals surface area contributed by atoms with Crippen molar-refractivity contribution in [2.24, 2.45) is 23.7 Å². The van der Waals surface area contributed by atoms with E-state index in [0.29, 0.717) is 23.7 Å². The third-order valence-electron chi connectivity index (χ3n) is 16.0. The van der Waals surface area contributed by atoms with Crippen molar-refractivity contribution in [1.29, 1.82) is 0 Å². The van der Waals surface area contributed by atoms with Crippen LogP contribution in [0, 0.1) is 23.7 Å². The average molecular weight is 712 g/mol. The van der Waals surface area contributed by atoms with E-state index in [-0.39, 0.29) is 0 Å². The standard InChI is InChI=1S/C52H45N3/c1-2-4-32(5-3-1)33-6-8-34(9-7-33)35-10-12-36(13-11-35)37-24-42-48-44(26-53-50-40-20-28-14-29(21-40)17-38(16-28)46(48)50)55-45-27-54-51-41-22-30-15-31(23-41)19-39(18-30)47(51)49(45)43(25-37)52(42)55/h1-13,24-31,38-41H,14-23H2. The first-order chi connectivity index (χ1) is 27.2. The highest BCUT2D eigenvalue weighted by atomic mass is 14.9. The number of rotatable bonds is 3. The fraction of sp³-hybridized carbons (Fsp3) is 0.346. The Morgan fingerprint density at radius 3 is 1.22 bits per heavy atom. The normalized spacial score (nSPS) is 28.7. The Bertz CT molecular complexity index is 2710. The minimum atomic E-state index is 0.629. The van der Waals surface area contributed by atoms with Crippen LogP contribution in [0.3, 0.4) is 0 Å². The quantitative estimate of drug-likeness (QED) is 0.183. The molecule has 4 atom stereocenters. The first kappa shape index (κ1) is 30.2. The van der Waals surface area contributed by atoms with Crippen molar-refractivity contribution >= 4 is 38.1 Å². The molecule has 55 heavy (non-hydrogen) atoms. The summed E-state index contributed by atoms with van der Waals surface area (Å²) in [6, 6.07) is 34.3. The van der Waals surface area contributed by atoms with Gasteiger partial charge in [0.2, 0.25) is 0 Å². The molecule has 4 unspecified atom stereocenters. The summed E-state index contributed by atoms with van der Waals surface area (Å²) in [6.07, 6.45) is 18.3. The van der Waals surface area contributed by atoms with Gasteiger partial charge in [-0.2, -0.15) is 0 Å². The molecule has 8 aliphatic rings. The van der Waals surface area contributed by atoms with Crippen molar-refractivity contribution in [2.45, 2.75) is 87.9 Å². The Labute approximate surface area is 322 Å². The van der Waals surface area contributed by atoms with Crippen LogP contribution >= 0.6 is 0 Å². The van der Waals surface area contributed by atoms with Gasteiger partial charge in [0.05, 0.1) is 28.9 Å². The van der Waals surface area contributed by atoms with E-state index in [4.69, 9.17) is 9.97 Å². The van der Waals surface area contributed by atoms with E-state index in [2.05, 4.69) is 108 Å². The molecule has 4 saturated carbocycles. The summed E-state index contributed by atoms with van der Waals surface area (Å²) in [6.45, 7) is 0. The molecule has 4 fully saturated rings. The molecule has 8 bridgehead atoms. The molecule has 4 heterocycles. The van der Waals surface area contributed by atoms with E-state index in [1.54, 1.807) is 11.1 Å². The molecule has 3 heteroatoms. The van der Waals surface area contributed by atoms with Gasteiger partial charge in [-0.25, -0.2) is 0 Å². The van der Waals surface area contributed by atoms with Crippen molar-refractivity contribution in [1.82, 2.24) is 14.4 Å². The predicted octanol–water partition coefficient (Wildman–Crippen LogP) is 13.4. The number of pyridine rings is 2. The second kappa shape index (κ2) is 10.8. The monoisotopic (exact) mass is 711 g/mol. The zero-order valence-corrected chi connectivity index (χ0v) is 31.3. The summed E-state index contributed by atoms with van der Waals surface area (Å²) in [7, 11) is 0. The zero-order chi connectivity index (χ0) is 35.5. The Balaban J connectivity index is 0.998. The molecule has 4 aromatic heterocycles. The topological polar surface area (TPSA) is 30.2 Å². The van der Waals surface area contributed by atoms with Crippen molar-refractivity contribution < 1.29 is 0 Å². The van der Waals surface area contributed by atoms with Crippen LogP contribution in [0.25, 0.3) is 71.5 Å². The Morgan fingerprint density at radius 2 is 0.782 bits per heavy atom.